The van der Waals surface area contributed by atoms with Gasteiger partial charge >= 0.3 is 6.03 Å². The second kappa shape index (κ2) is 11.0. The molecule has 1 heterocycles. The van der Waals surface area contributed by atoms with Gasteiger partial charge in [-0.15, -0.1) is 0 Å². The average molecular weight is 539 g/mol. The van der Waals surface area contributed by atoms with Crippen molar-refractivity contribution in [3.63, 3.8) is 0 Å². The van der Waals surface area contributed by atoms with Crippen LogP contribution in [-0.2, 0) is 0 Å². The zero-order chi connectivity index (χ0) is 27.5. The minimum atomic E-state index is -2.96. The number of benzene rings is 5. The molecule has 1 aliphatic rings. The standard InChI is InChI=1S/C36H34N2OSi/c1-28-34(29-18-8-3-9-19-29)38(36(39)37(28)2)35(30-20-10-4-11-21-30)40(31-22-12-5-13-23-31,32-24-14-6-15-25-32)33-26-16-7-17-27-33/h3-28,34-35H,1-2H3/t28-,34-,35+/m0/s1. The summed E-state index contributed by atoms with van der Waals surface area (Å²) < 4.78 is 0. The van der Waals surface area contributed by atoms with Gasteiger partial charge in [-0.05, 0) is 33.6 Å². The Hall–Kier alpha value is -4.41. The lowest BCUT2D eigenvalue weighted by Crippen LogP contribution is -2.74. The van der Waals surface area contributed by atoms with E-state index in [9.17, 15) is 4.79 Å². The number of nitrogens with zero attached hydrogens (tertiary/aromatic N) is 2. The summed E-state index contributed by atoms with van der Waals surface area (Å²) in [7, 11) is -1.01. The highest BCUT2D eigenvalue weighted by molar-refractivity contribution is 7.12. The third-order valence-electron chi connectivity index (χ3n) is 8.52. The Bertz CT molecular complexity index is 1450. The number of carbonyl (C=O) groups excluding carboxylic acids is 1. The molecule has 0 unspecified atom stereocenters. The van der Waals surface area contributed by atoms with Gasteiger partial charge in [-0.3, -0.25) is 0 Å². The van der Waals surface area contributed by atoms with Crippen LogP contribution in [0.15, 0.2) is 152 Å². The third kappa shape index (κ3) is 4.25. The van der Waals surface area contributed by atoms with Crippen LogP contribution in [0.3, 0.4) is 0 Å². The van der Waals surface area contributed by atoms with Crippen LogP contribution >= 0.6 is 0 Å². The van der Waals surface area contributed by atoms with Crippen LogP contribution < -0.4 is 15.6 Å². The van der Waals surface area contributed by atoms with Crippen molar-refractivity contribution in [1.29, 1.82) is 0 Å². The Morgan fingerprint density at radius 2 is 0.950 bits per heavy atom. The summed E-state index contributed by atoms with van der Waals surface area (Å²) in [4.78, 5) is 18.7. The van der Waals surface area contributed by atoms with Gasteiger partial charge in [-0.2, -0.15) is 0 Å². The summed E-state index contributed by atoms with van der Waals surface area (Å²) >= 11 is 0. The van der Waals surface area contributed by atoms with Crippen molar-refractivity contribution in [2.75, 3.05) is 7.05 Å². The van der Waals surface area contributed by atoms with Crippen molar-refractivity contribution in [1.82, 2.24) is 9.80 Å². The quantitative estimate of drug-likeness (QED) is 0.186. The molecule has 0 radical (unpaired) electrons. The van der Waals surface area contributed by atoms with Crippen molar-refractivity contribution >= 4 is 29.7 Å². The van der Waals surface area contributed by atoms with E-state index in [1.54, 1.807) is 0 Å². The number of amides is 2. The molecule has 6 rings (SSSR count). The maximum absolute atomic E-state index is 14.5. The summed E-state index contributed by atoms with van der Waals surface area (Å²) in [6, 6.07) is 53.9. The van der Waals surface area contributed by atoms with E-state index < -0.39 is 8.07 Å². The molecule has 3 atom stereocenters. The lowest BCUT2D eigenvalue weighted by Gasteiger charge is -2.46. The molecule has 1 fully saturated rings. The Morgan fingerprint density at radius 1 is 0.575 bits per heavy atom. The van der Waals surface area contributed by atoms with E-state index in [0.29, 0.717) is 0 Å². The monoisotopic (exact) mass is 538 g/mol. The lowest BCUT2D eigenvalue weighted by atomic mass is 10.00. The zero-order valence-corrected chi connectivity index (χ0v) is 24.0. The molecular formula is C36H34N2OSi. The van der Waals surface area contributed by atoms with Crippen LogP contribution in [0.4, 0.5) is 4.79 Å². The molecule has 0 aliphatic carbocycles. The van der Waals surface area contributed by atoms with Gasteiger partial charge in [0, 0.05) is 7.05 Å². The molecule has 3 nitrogen and oxygen atoms in total. The van der Waals surface area contributed by atoms with Gasteiger partial charge in [0.15, 0.2) is 8.07 Å². The van der Waals surface area contributed by atoms with Crippen LogP contribution in [0, 0.1) is 0 Å². The fourth-order valence-electron chi connectivity index (χ4n) is 6.61. The first-order valence-corrected chi connectivity index (χ1v) is 16.0. The topological polar surface area (TPSA) is 23.6 Å². The molecule has 0 saturated carbocycles. The molecule has 1 aliphatic heterocycles. The summed E-state index contributed by atoms with van der Waals surface area (Å²) in [5.74, 6) is 0. The molecule has 2 amide bonds. The molecule has 0 bridgehead atoms. The highest BCUT2D eigenvalue weighted by Gasteiger charge is 2.56. The van der Waals surface area contributed by atoms with Gasteiger partial charge in [-0.25, -0.2) is 4.79 Å². The summed E-state index contributed by atoms with van der Waals surface area (Å²) in [6.07, 6.45) is 0. The lowest BCUT2D eigenvalue weighted by molar-refractivity contribution is 0.184. The fourth-order valence-corrected chi connectivity index (χ4v) is 12.1. The fraction of sp³-hybridized carbons (Fsp3) is 0.139. The van der Waals surface area contributed by atoms with Gasteiger partial charge in [-0.1, -0.05) is 152 Å². The summed E-state index contributed by atoms with van der Waals surface area (Å²) in [5.41, 5.74) is 2.11. The number of carbonyl (C=O) groups is 1. The van der Waals surface area contributed by atoms with Gasteiger partial charge in [0.2, 0.25) is 0 Å². The first-order chi connectivity index (χ1) is 19.6. The van der Waals surface area contributed by atoms with E-state index in [1.807, 2.05) is 18.0 Å². The van der Waals surface area contributed by atoms with Gasteiger partial charge < -0.3 is 9.80 Å². The van der Waals surface area contributed by atoms with Crippen molar-refractivity contribution in [2.24, 2.45) is 0 Å². The van der Waals surface area contributed by atoms with Crippen molar-refractivity contribution < 1.29 is 4.79 Å². The molecule has 0 spiro atoms. The zero-order valence-electron chi connectivity index (χ0n) is 23.0. The number of urea groups is 1. The van der Waals surface area contributed by atoms with Crippen LogP contribution in [0.1, 0.15) is 29.8 Å². The number of hydrogen-bond acceptors (Lipinski definition) is 1. The van der Waals surface area contributed by atoms with Crippen LogP contribution in [0.2, 0.25) is 0 Å². The van der Waals surface area contributed by atoms with E-state index in [0.717, 1.165) is 11.1 Å². The van der Waals surface area contributed by atoms with E-state index in [1.165, 1.54) is 15.6 Å². The number of hydrogen-bond donors (Lipinski definition) is 0. The van der Waals surface area contributed by atoms with Crippen molar-refractivity contribution in [2.45, 2.75) is 24.7 Å². The predicted octanol–water partition coefficient (Wildman–Crippen LogP) is 5.93. The Balaban J connectivity index is 1.75. The maximum Gasteiger partial charge on any atom is 0.320 e. The Labute approximate surface area is 238 Å². The average Bonchev–Trinajstić information content (AvgIpc) is 3.25. The van der Waals surface area contributed by atoms with Gasteiger partial charge in [0.25, 0.3) is 0 Å². The molecule has 4 heteroatoms. The largest absolute Gasteiger partial charge is 0.323 e. The molecule has 5 aromatic rings. The maximum atomic E-state index is 14.5. The highest BCUT2D eigenvalue weighted by Crippen LogP contribution is 2.44. The first kappa shape index (κ1) is 25.8. The predicted molar refractivity (Wildman–Crippen MR) is 167 cm³/mol. The van der Waals surface area contributed by atoms with Crippen molar-refractivity contribution in [3.05, 3.63) is 163 Å². The SMILES string of the molecule is C[C@H]1[C@@H](c2ccccc2)N([C@@H](c2ccccc2)[Si](c2ccccc2)(c2ccccc2)c2ccccc2)C(=O)N1C. The molecule has 1 saturated heterocycles. The molecule has 198 valence electrons. The molecular weight excluding hydrogens is 504 g/mol. The van der Waals surface area contributed by atoms with E-state index >= 15 is 0 Å². The smallest absolute Gasteiger partial charge is 0.320 e. The van der Waals surface area contributed by atoms with E-state index in [4.69, 9.17) is 0 Å². The molecule has 0 N–H and O–H groups in total. The molecule has 5 aromatic carbocycles. The number of rotatable bonds is 7. The van der Waals surface area contributed by atoms with Gasteiger partial charge in [0.05, 0.1) is 17.7 Å². The molecule has 0 aromatic heterocycles. The van der Waals surface area contributed by atoms with Crippen LogP contribution in [0.25, 0.3) is 0 Å². The second-order valence-corrected chi connectivity index (χ2v) is 14.5. The minimum Gasteiger partial charge on any atom is -0.323 e. The minimum absolute atomic E-state index is 0.00938. The number of likely N-dealkylation sites (N-methyl/N-ethyl adjacent to an activating group) is 1. The Kier molecular flexibility index (Phi) is 7.10. The van der Waals surface area contributed by atoms with Crippen LogP contribution in [-0.4, -0.2) is 37.0 Å². The normalized spacial score (nSPS) is 18.1. The second-order valence-electron chi connectivity index (χ2n) is 10.6. The summed E-state index contributed by atoms with van der Waals surface area (Å²) in [5, 5.41) is 3.84. The van der Waals surface area contributed by atoms with E-state index in [-0.39, 0.29) is 23.8 Å². The molecule has 40 heavy (non-hydrogen) atoms. The highest BCUT2D eigenvalue weighted by atomic mass is 28.3. The van der Waals surface area contributed by atoms with Gasteiger partial charge in [0.1, 0.15) is 0 Å². The Morgan fingerprint density at radius 3 is 1.38 bits per heavy atom. The van der Waals surface area contributed by atoms with Crippen LogP contribution in [0.5, 0.6) is 0 Å². The van der Waals surface area contributed by atoms with E-state index in [2.05, 4.69) is 157 Å². The van der Waals surface area contributed by atoms with Crippen molar-refractivity contribution in [3.8, 4) is 0 Å². The third-order valence-corrected chi connectivity index (χ3v) is 13.7. The summed E-state index contributed by atoms with van der Waals surface area (Å²) in [6.45, 7) is 2.18. The first-order valence-electron chi connectivity index (χ1n) is 14.0.